The van der Waals surface area contributed by atoms with E-state index in [1.165, 1.54) is 0 Å². The largest absolute Gasteiger partial charge is 0.482 e. The van der Waals surface area contributed by atoms with Crippen LogP contribution in [0.3, 0.4) is 0 Å². The molecule has 0 aliphatic carbocycles. The molecule has 31 heavy (non-hydrogen) atoms. The van der Waals surface area contributed by atoms with Gasteiger partial charge in [-0.05, 0) is 42.8 Å². The summed E-state index contributed by atoms with van der Waals surface area (Å²) in [6, 6.07) is 11.2. The van der Waals surface area contributed by atoms with Crippen LogP contribution < -0.4 is 20.3 Å². The van der Waals surface area contributed by atoms with Crippen molar-refractivity contribution in [2.45, 2.75) is 13.1 Å². The number of anilines is 4. The molecule has 2 aliphatic heterocycles. The van der Waals surface area contributed by atoms with E-state index in [1.54, 1.807) is 12.1 Å². The van der Waals surface area contributed by atoms with Crippen molar-refractivity contribution in [3.05, 3.63) is 42.0 Å². The van der Waals surface area contributed by atoms with Gasteiger partial charge in [0.15, 0.2) is 6.61 Å². The second-order valence-electron chi connectivity index (χ2n) is 7.45. The Kier molecular flexibility index (Phi) is 5.38. The van der Waals surface area contributed by atoms with E-state index in [-0.39, 0.29) is 25.6 Å². The van der Waals surface area contributed by atoms with E-state index in [4.69, 9.17) is 4.74 Å². The van der Waals surface area contributed by atoms with Gasteiger partial charge in [0.25, 0.3) is 5.91 Å². The average molecular weight is 434 g/mol. The summed E-state index contributed by atoms with van der Waals surface area (Å²) in [7, 11) is 0. The number of piperazine rings is 1. The van der Waals surface area contributed by atoms with Crippen molar-refractivity contribution in [1.82, 2.24) is 4.90 Å². The minimum Gasteiger partial charge on any atom is -0.482 e. The third-order valence-corrected chi connectivity index (χ3v) is 5.28. The zero-order valence-electron chi connectivity index (χ0n) is 16.8. The highest BCUT2D eigenvalue weighted by molar-refractivity contribution is 5.95. The maximum Gasteiger partial charge on any atom is 0.471 e. The predicted octanol–water partition coefficient (Wildman–Crippen LogP) is 3.28. The van der Waals surface area contributed by atoms with Gasteiger partial charge in [-0.3, -0.25) is 9.59 Å². The fraction of sp³-hybridized carbons (Fsp3) is 0.333. The zero-order chi connectivity index (χ0) is 22.2. The van der Waals surface area contributed by atoms with Gasteiger partial charge < -0.3 is 25.2 Å². The summed E-state index contributed by atoms with van der Waals surface area (Å²) in [6.07, 6.45) is -4.83. The van der Waals surface area contributed by atoms with E-state index in [0.717, 1.165) is 27.5 Å². The number of nitrogens with zero attached hydrogens (tertiary/aromatic N) is 2. The molecule has 2 heterocycles. The molecule has 2 N–H and O–H groups in total. The molecule has 164 valence electrons. The SMILES string of the molecule is Cc1cc(N2CCN(C(=O)C(F)(F)F)CC2)ccc1Nc1ccc2c(c1)OCC(=O)N2. The number of halogens is 3. The van der Waals surface area contributed by atoms with Gasteiger partial charge in [0.05, 0.1) is 5.69 Å². The van der Waals surface area contributed by atoms with Crippen LogP contribution in [0.1, 0.15) is 5.56 Å². The second kappa shape index (κ2) is 8.01. The molecule has 1 saturated heterocycles. The first-order valence-corrected chi connectivity index (χ1v) is 9.76. The van der Waals surface area contributed by atoms with Crippen LogP contribution in [0, 0.1) is 6.92 Å². The van der Waals surface area contributed by atoms with Crippen molar-refractivity contribution >= 4 is 34.6 Å². The Morgan fingerprint density at radius 3 is 2.52 bits per heavy atom. The fourth-order valence-corrected chi connectivity index (χ4v) is 3.64. The van der Waals surface area contributed by atoms with E-state index < -0.39 is 12.1 Å². The maximum atomic E-state index is 12.6. The lowest BCUT2D eigenvalue weighted by atomic mass is 10.1. The topological polar surface area (TPSA) is 73.9 Å². The Labute approximate surface area is 176 Å². The molecule has 4 rings (SSSR count). The molecule has 0 radical (unpaired) electrons. The van der Waals surface area contributed by atoms with Gasteiger partial charge in [0.2, 0.25) is 0 Å². The third kappa shape index (κ3) is 4.52. The molecule has 7 nitrogen and oxygen atoms in total. The third-order valence-electron chi connectivity index (χ3n) is 5.28. The number of carbonyl (C=O) groups is 2. The Morgan fingerprint density at radius 2 is 1.84 bits per heavy atom. The highest BCUT2D eigenvalue weighted by atomic mass is 19.4. The minimum absolute atomic E-state index is 0.0218. The Hall–Kier alpha value is -3.43. The van der Waals surface area contributed by atoms with Crippen LogP contribution in [0.4, 0.5) is 35.9 Å². The van der Waals surface area contributed by atoms with Crippen LogP contribution >= 0.6 is 0 Å². The van der Waals surface area contributed by atoms with E-state index in [9.17, 15) is 22.8 Å². The van der Waals surface area contributed by atoms with Crippen LogP contribution in [-0.4, -0.2) is 55.7 Å². The molecule has 2 aromatic rings. The van der Waals surface area contributed by atoms with Gasteiger partial charge in [-0.1, -0.05) is 0 Å². The molecule has 2 aromatic carbocycles. The quantitative estimate of drug-likeness (QED) is 0.776. The minimum atomic E-state index is -4.83. The highest BCUT2D eigenvalue weighted by Crippen LogP contribution is 2.33. The summed E-state index contributed by atoms with van der Waals surface area (Å²) in [5.41, 5.74) is 4.13. The van der Waals surface area contributed by atoms with Crippen molar-refractivity contribution in [2.24, 2.45) is 0 Å². The maximum absolute atomic E-state index is 12.6. The molecule has 2 amide bonds. The van der Waals surface area contributed by atoms with Crippen molar-refractivity contribution in [1.29, 1.82) is 0 Å². The lowest BCUT2D eigenvalue weighted by molar-refractivity contribution is -0.185. The molecule has 2 aliphatic rings. The van der Waals surface area contributed by atoms with Gasteiger partial charge in [0.1, 0.15) is 5.75 Å². The number of rotatable bonds is 3. The normalized spacial score (nSPS) is 16.3. The van der Waals surface area contributed by atoms with Gasteiger partial charge in [-0.15, -0.1) is 0 Å². The Bertz CT molecular complexity index is 1020. The van der Waals surface area contributed by atoms with Gasteiger partial charge in [0, 0.05) is 49.3 Å². The van der Waals surface area contributed by atoms with E-state index in [0.29, 0.717) is 24.5 Å². The molecule has 0 unspecified atom stereocenters. The van der Waals surface area contributed by atoms with Crippen LogP contribution in [0.25, 0.3) is 0 Å². The summed E-state index contributed by atoms with van der Waals surface area (Å²) in [4.78, 5) is 25.6. The Balaban J connectivity index is 1.41. The van der Waals surface area contributed by atoms with Crippen molar-refractivity contribution < 1.29 is 27.5 Å². The van der Waals surface area contributed by atoms with Gasteiger partial charge >= 0.3 is 12.1 Å². The molecule has 0 atom stereocenters. The van der Waals surface area contributed by atoms with Crippen LogP contribution in [-0.2, 0) is 9.59 Å². The molecule has 0 spiro atoms. The first kappa shape index (κ1) is 20.8. The van der Waals surface area contributed by atoms with E-state index in [1.807, 2.05) is 36.1 Å². The molecule has 1 fully saturated rings. The molecule has 0 bridgehead atoms. The van der Waals surface area contributed by atoms with E-state index >= 15 is 0 Å². The van der Waals surface area contributed by atoms with Gasteiger partial charge in [-0.2, -0.15) is 13.2 Å². The lowest BCUT2D eigenvalue weighted by Crippen LogP contribution is -2.52. The number of nitrogens with one attached hydrogen (secondary N) is 2. The number of alkyl halides is 3. The Morgan fingerprint density at radius 1 is 1.10 bits per heavy atom. The first-order valence-electron chi connectivity index (χ1n) is 9.76. The molecule has 10 heteroatoms. The number of aryl methyl sites for hydroxylation is 1. The lowest BCUT2D eigenvalue weighted by Gasteiger charge is -2.36. The number of hydrogen-bond donors (Lipinski definition) is 2. The van der Waals surface area contributed by atoms with Gasteiger partial charge in [-0.25, -0.2) is 0 Å². The standard InChI is InChI=1S/C21H21F3N4O3/c1-13-10-15(27-6-8-28(9-7-27)20(30)21(22,23)24)3-5-16(13)25-14-2-4-17-18(11-14)31-12-19(29)26-17/h2-5,10-11,25H,6-9,12H2,1H3,(H,26,29). The van der Waals surface area contributed by atoms with E-state index in [2.05, 4.69) is 10.6 Å². The highest BCUT2D eigenvalue weighted by Gasteiger charge is 2.43. The molecular weight excluding hydrogens is 413 g/mol. The second-order valence-corrected chi connectivity index (χ2v) is 7.45. The molecule has 0 aromatic heterocycles. The zero-order valence-corrected chi connectivity index (χ0v) is 16.8. The van der Waals surface area contributed by atoms with Crippen LogP contribution in [0.5, 0.6) is 5.75 Å². The van der Waals surface area contributed by atoms with Crippen molar-refractivity contribution in [3.63, 3.8) is 0 Å². The van der Waals surface area contributed by atoms with Crippen molar-refractivity contribution in [3.8, 4) is 5.75 Å². The number of hydrogen-bond acceptors (Lipinski definition) is 5. The number of benzene rings is 2. The summed E-state index contributed by atoms with van der Waals surface area (Å²) in [5, 5.41) is 6.05. The van der Waals surface area contributed by atoms with Crippen LogP contribution in [0.2, 0.25) is 0 Å². The van der Waals surface area contributed by atoms with Crippen LogP contribution in [0.15, 0.2) is 36.4 Å². The number of ether oxygens (including phenoxy) is 1. The summed E-state index contributed by atoms with van der Waals surface area (Å²) >= 11 is 0. The molecular formula is C21H21F3N4O3. The number of fused-ring (bicyclic) bond motifs is 1. The smallest absolute Gasteiger partial charge is 0.471 e. The summed E-state index contributed by atoms with van der Waals surface area (Å²) < 4.78 is 43.2. The number of amides is 2. The monoisotopic (exact) mass is 434 g/mol. The molecule has 0 saturated carbocycles. The van der Waals surface area contributed by atoms with Crippen molar-refractivity contribution in [2.75, 3.05) is 48.3 Å². The fourth-order valence-electron chi connectivity index (χ4n) is 3.64. The number of carbonyl (C=O) groups excluding carboxylic acids is 2. The summed E-state index contributed by atoms with van der Waals surface area (Å²) in [5.74, 6) is -1.38. The average Bonchev–Trinajstić information content (AvgIpc) is 2.74. The summed E-state index contributed by atoms with van der Waals surface area (Å²) in [6.45, 7) is 2.65. The predicted molar refractivity (Wildman–Crippen MR) is 110 cm³/mol. The first-order chi connectivity index (χ1) is 14.7.